The second-order valence-corrected chi connectivity index (χ2v) is 28.1. The second kappa shape index (κ2) is 70.2. The fraction of sp³-hybridized carbons (Fsp3) is 0.901. The Hall–Kier alpha value is -2.12. The van der Waals surface area contributed by atoms with Crippen molar-refractivity contribution in [3.8, 4) is 0 Å². The largest absolute Gasteiger partial charge is 0.466 e. The summed E-state index contributed by atoms with van der Waals surface area (Å²) in [6, 6.07) is -0.807. The molecule has 0 bridgehead atoms. The van der Waals surface area contributed by atoms with Gasteiger partial charge in [0.2, 0.25) is 5.91 Å². The molecule has 11 heteroatoms. The fourth-order valence-corrected chi connectivity index (χ4v) is 12.9. The third-order valence-electron chi connectivity index (χ3n) is 19.2. The van der Waals surface area contributed by atoms with E-state index in [0.717, 1.165) is 57.8 Å². The topological polar surface area (TPSA) is 175 Å². The highest BCUT2D eigenvalue weighted by Crippen LogP contribution is 2.24. The molecule has 7 atom stereocenters. The van der Waals surface area contributed by atoms with Gasteiger partial charge in [-0.2, -0.15) is 0 Å². The molecule has 0 saturated carbocycles. The van der Waals surface area contributed by atoms with Crippen LogP contribution in [0.5, 0.6) is 0 Å². The molecule has 1 fully saturated rings. The average Bonchev–Trinajstić information content (AvgIpc) is 1.22. The SMILES string of the molecule is CCCCCCCCCCC/C=C/C(O)C(COC1OC(CO)C(O)C(O)C1O)NC(=O)CCCCCCCCCCCCCCCCCCC/C=C\C/C=C\CCCCCCCCCCCCCCCCCOC(=O)CCCCCCCCCCCCCCCC. The number of amides is 1. The van der Waals surface area contributed by atoms with Crippen molar-refractivity contribution in [3.63, 3.8) is 0 Å². The van der Waals surface area contributed by atoms with Gasteiger partial charge in [0.15, 0.2) is 6.29 Å². The molecule has 1 saturated heterocycles. The van der Waals surface area contributed by atoms with Crippen molar-refractivity contribution < 1.29 is 49.3 Å². The number of ether oxygens (including phenoxy) is 3. The molecule has 92 heavy (non-hydrogen) atoms. The first-order valence-corrected chi connectivity index (χ1v) is 40.3. The number of rotatable bonds is 72. The van der Waals surface area contributed by atoms with Gasteiger partial charge >= 0.3 is 5.97 Å². The van der Waals surface area contributed by atoms with E-state index in [4.69, 9.17) is 14.2 Å². The van der Waals surface area contributed by atoms with Gasteiger partial charge in [0.1, 0.15) is 24.4 Å². The standard InChI is InChI=1S/C81H153NO10/c1-3-5-7-9-11-13-15-16-45-49-53-57-61-65-69-77(86)90-70-66-62-58-54-50-46-43-41-39-37-35-33-31-29-27-25-23-21-19-17-18-20-22-24-26-28-30-32-34-36-38-40-42-44-48-52-56-60-64-68-76(85)82-73(72-91-81-80(89)79(88)78(87)75(71-83)92-81)74(84)67-63-59-55-51-47-14-12-10-8-6-4-2/h17-18,21,23,63,67,73-75,78-81,83-84,87-89H,3-16,19-20,22,24-62,64-66,68-72H2,1-2H3,(H,82,85)/b18-17-,23-21-,67-63+. The number of esters is 1. The first-order chi connectivity index (χ1) is 45.2. The summed E-state index contributed by atoms with van der Waals surface area (Å²) in [5.74, 6) is -0.160. The van der Waals surface area contributed by atoms with Crippen molar-refractivity contribution in [3.05, 3.63) is 36.5 Å². The van der Waals surface area contributed by atoms with Gasteiger partial charge in [0.05, 0.1) is 32.0 Å². The zero-order chi connectivity index (χ0) is 66.5. The van der Waals surface area contributed by atoms with E-state index < -0.39 is 49.5 Å². The lowest BCUT2D eigenvalue weighted by molar-refractivity contribution is -0.302. The predicted octanol–water partition coefficient (Wildman–Crippen LogP) is 21.7. The molecule has 0 spiro atoms. The maximum Gasteiger partial charge on any atom is 0.305 e. The summed E-state index contributed by atoms with van der Waals surface area (Å²) in [4.78, 5) is 25.1. The zero-order valence-corrected chi connectivity index (χ0v) is 60.5. The van der Waals surface area contributed by atoms with Crippen LogP contribution in [-0.2, 0) is 23.8 Å². The van der Waals surface area contributed by atoms with Crippen molar-refractivity contribution in [2.24, 2.45) is 0 Å². The summed E-state index contributed by atoms with van der Waals surface area (Å²) >= 11 is 0. The van der Waals surface area contributed by atoms with Crippen LogP contribution in [0.15, 0.2) is 36.5 Å². The Morgan fingerprint density at radius 1 is 0.402 bits per heavy atom. The van der Waals surface area contributed by atoms with E-state index in [9.17, 15) is 35.1 Å². The molecule has 542 valence electrons. The molecule has 0 radical (unpaired) electrons. The molecule has 1 heterocycles. The molecule has 6 N–H and O–H groups in total. The number of carbonyl (C=O) groups excluding carboxylic acids is 2. The molecule has 1 rings (SSSR count). The van der Waals surface area contributed by atoms with Gasteiger partial charge in [0, 0.05) is 12.8 Å². The van der Waals surface area contributed by atoms with Gasteiger partial charge in [-0.1, -0.05) is 365 Å². The Bertz CT molecular complexity index is 1620. The Morgan fingerprint density at radius 2 is 0.728 bits per heavy atom. The molecular formula is C81H153NO10. The Morgan fingerprint density at radius 3 is 1.10 bits per heavy atom. The Kier molecular flexibility index (Phi) is 67.1. The fourth-order valence-electron chi connectivity index (χ4n) is 12.9. The van der Waals surface area contributed by atoms with Gasteiger partial charge in [-0.05, 0) is 64.2 Å². The number of unbranched alkanes of at least 4 members (excludes halogenated alkanes) is 54. The van der Waals surface area contributed by atoms with Crippen LogP contribution in [0, 0.1) is 0 Å². The molecule has 1 amide bonds. The predicted molar refractivity (Wildman–Crippen MR) is 389 cm³/mol. The Balaban J connectivity index is 1.88. The van der Waals surface area contributed by atoms with Crippen LogP contribution in [-0.4, -0.2) is 100 Å². The summed E-state index contributed by atoms with van der Waals surface area (Å²) < 4.78 is 16.8. The minimum Gasteiger partial charge on any atom is -0.466 e. The highest BCUT2D eigenvalue weighted by molar-refractivity contribution is 5.76. The van der Waals surface area contributed by atoms with E-state index in [1.165, 1.54) is 321 Å². The number of allylic oxidation sites excluding steroid dienone is 5. The molecular weight excluding hydrogens is 1150 g/mol. The third kappa shape index (κ3) is 58.1. The van der Waals surface area contributed by atoms with Crippen molar-refractivity contribution in [2.45, 2.75) is 448 Å². The number of aliphatic hydroxyl groups excluding tert-OH is 5. The number of hydrogen-bond acceptors (Lipinski definition) is 10. The monoisotopic (exact) mass is 1300 g/mol. The van der Waals surface area contributed by atoms with Gasteiger partial charge in [-0.25, -0.2) is 0 Å². The maximum absolute atomic E-state index is 13.1. The van der Waals surface area contributed by atoms with Crippen LogP contribution in [0.1, 0.15) is 406 Å². The summed E-state index contributed by atoms with van der Waals surface area (Å²) in [7, 11) is 0. The summed E-state index contributed by atoms with van der Waals surface area (Å²) in [6.07, 6.45) is 81.9. The first-order valence-electron chi connectivity index (χ1n) is 40.3. The van der Waals surface area contributed by atoms with Crippen LogP contribution in [0.3, 0.4) is 0 Å². The molecule has 1 aliphatic heterocycles. The lowest BCUT2D eigenvalue weighted by atomic mass is 9.99. The summed E-state index contributed by atoms with van der Waals surface area (Å²) in [6.45, 7) is 4.39. The minimum absolute atomic E-state index is 0.0175. The smallest absolute Gasteiger partial charge is 0.305 e. The van der Waals surface area contributed by atoms with Crippen LogP contribution < -0.4 is 5.32 Å². The highest BCUT2D eigenvalue weighted by Gasteiger charge is 2.44. The molecule has 0 aromatic heterocycles. The van der Waals surface area contributed by atoms with Crippen LogP contribution in [0.25, 0.3) is 0 Å². The van der Waals surface area contributed by atoms with Gasteiger partial charge in [-0.3, -0.25) is 9.59 Å². The van der Waals surface area contributed by atoms with Gasteiger partial charge in [-0.15, -0.1) is 0 Å². The van der Waals surface area contributed by atoms with Gasteiger partial charge in [0.25, 0.3) is 0 Å². The average molecular weight is 1300 g/mol. The quantitative estimate of drug-likeness (QED) is 0.0195. The van der Waals surface area contributed by atoms with Gasteiger partial charge < -0.3 is 45.1 Å². The molecule has 0 aliphatic carbocycles. The number of nitrogens with one attached hydrogen (secondary N) is 1. The van der Waals surface area contributed by atoms with E-state index in [-0.39, 0.29) is 18.5 Å². The van der Waals surface area contributed by atoms with Crippen LogP contribution in [0.4, 0.5) is 0 Å². The summed E-state index contributed by atoms with van der Waals surface area (Å²) in [5, 5.41) is 54.5. The van der Waals surface area contributed by atoms with Crippen LogP contribution >= 0.6 is 0 Å². The lowest BCUT2D eigenvalue weighted by Crippen LogP contribution is -2.60. The molecule has 0 aromatic rings. The molecule has 11 nitrogen and oxygen atoms in total. The third-order valence-corrected chi connectivity index (χ3v) is 19.2. The highest BCUT2D eigenvalue weighted by atomic mass is 16.7. The molecule has 0 aromatic carbocycles. The first kappa shape index (κ1) is 87.9. The zero-order valence-electron chi connectivity index (χ0n) is 60.5. The van der Waals surface area contributed by atoms with Crippen LogP contribution in [0.2, 0.25) is 0 Å². The van der Waals surface area contributed by atoms with Crippen molar-refractivity contribution in [1.29, 1.82) is 0 Å². The molecule has 7 unspecified atom stereocenters. The van der Waals surface area contributed by atoms with E-state index in [1.807, 2.05) is 6.08 Å². The van der Waals surface area contributed by atoms with E-state index in [2.05, 4.69) is 43.5 Å². The summed E-state index contributed by atoms with van der Waals surface area (Å²) in [5.41, 5.74) is 0. The minimum atomic E-state index is -1.57. The van der Waals surface area contributed by atoms with E-state index in [1.54, 1.807) is 6.08 Å². The number of hydrogen-bond donors (Lipinski definition) is 6. The van der Waals surface area contributed by atoms with E-state index >= 15 is 0 Å². The Labute approximate surface area is 568 Å². The maximum atomic E-state index is 13.1. The molecule has 1 aliphatic rings. The normalized spacial score (nSPS) is 17.7. The lowest BCUT2D eigenvalue weighted by Gasteiger charge is -2.40. The van der Waals surface area contributed by atoms with E-state index in [0.29, 0.717) is 19.4 Å². The number of carbonyl (C=O) groups is 2. The van der Waals surface area contributed by atoms with Crippen molar-refractivity contribution >= 4 is 11.9 Å². The van der Waals surface area contributed by atoms with Crippen molar-refractivity contribution in [1.82, 2.24) is 5.32 Å². The second-order valence-electron chi connectivity index (χ2n) is 28.1. The van der Waals surface area contributed by atoms with Crippen molar-refractivity contribution in [2.75, 3.05) is 19.8 Å². The number of aliphatic hydroxyl groups is 5.